The lowest BCUT2D eigenvalue weighted by Crippen LogP contribution is -2.68. The minimum Gasteiger partial charge on any atom is -0.496 e. The maximum absolute atomic E-state index is 13.3. The first-order valence-corrected chi connectivity index (χ1v) is 30.4. The number of hydrogen-bond donors (Lipinski definition) is 1. The molecule has 0 saturated carbocycles. The number of likely N-dealkylation sites (N-methyl/N-ethyl adjacent to an activating group) is 2. The topological polar surface area (TPSA) is 181 Å². The molecule has 17 nitrogen and oxygen atoms in total. The van der Waals surface area contributed by atoms with E-state index in [4.69, 9.17) is 42.6 Å². The van der Waals surface area contributed by atoms with E-state index in [1.165, 1.54) is 34.9 Å². The predicted molar refractivity (Wildman–Crippen MR) is 328 cm³/mol. The van der Waals surface area contributed by atoms with E-state index >= 15 is 0 Å². The van der Waals surface area contributed by atoms with Crippen LogP contribution in [0.1, 0.15) is 113 Å². The van der Waals surface area contributed by atoms with Gasteiger partial charge in [-0.15, -0.1) is 0 Å². The van der Waals surface area contributed by atoms with Crippen LogP contribution >= 0.6 is 0 Å². The van der Waals surface area contributed by atoms with Gasteiger partial charge in [-0.05, 0) is 150 Å². The van der Waals surface area contributed by atoms with Gasteiger partial charge >= 0.3 is 12.1 Å². The second-order valence-electron chi connectivity index (χ2n) is 24.5. The molecule has 2 saturated heterocycles. The fourth-order valence-electron chi connectivity index (χ4n) is 16.5. The van der Waals surface area contributed by atoms with E-state index in [1.807, 2.05) is 20.8 Å². The summed E-state index contributed by atoms with van der Waals surface area (Å²) in [5.74, 6) is 4.75. The van der Waals surface area contributed by atoms with E-state index in [2.05, 4.69) is 91.9 Å². The molecule has 0 radical (unpaired) electrons. The third-order valence-corrected chi connectivity index (χ3v) is 20.0. The van der Waals surface area contributed by atoms with Crippen molar-refractivity contribution >= 4 is 12.0 Å². The minimum absolute atomic E-state index is 0.00935. The average Bonchev–Trinajstić information content (AvgIpc) is 1.21. The van der Waals surface area contributed by atoms with E-state index in [0.717, 1.165) is 103 Å². The van der Waals surface area contributed by atoms with Gasteiger partial charge in [-0.1, -0.05) is 49.6 Å². The third kappa shape index (κ3) is 9.88. The van der Waals surface area contributed by atoms with Gasteiger partial charge in [-0.3, -0.25) is 19.6 Å². The van der Waals surface area contributed by atoms with Crippen LogP contribution in [0.15, 0.2) is 67.8 Å². The summed E-state index contributed by atoms with van der Waals surface area (Å²) in [5, 5.41) is 32.4. The number of halogens is 3. The largest absolute Gasteiger partial charge is 0.496 e. The van der Waals surface area contributed by atoms with Crippen molar-refractivity contribution in [2.45, 2.75) is 134 Å². The molecule has 472 valence electrons. The van der Waals surface area contributed by atoms with E-state index in [0.29, 0.717) is 54.6 Å². The van der Waals surface area contributed by atoms with E-state index in [1.54, 1.807) is 26.4 Å². The summed E-state index contributed by atoms with van der Waals surface area (Å²) in [7, 11) is 7.60. The highest BCUT2D eigenvalue weighted by molar-refractivity contribution is 5.87. The summed E-state index contributed by atoms with van der Waals surface area (Å²) in [5.41, 5.74) is 13.8. The second-order valence-corrected chi connectivity index (χ2v) is 24.5. The third-order valence-electron chi connectivity index (χ3n) is 20.0. The number of nitriles is 2. The standard InChI is InChI=1S/C40H40F3N3O6.C30H35N3O5/c1-7-13-49-37-23(4)38-39(52-20-51-38)34-27(37)17-29-35-33-22(3)36(48-6)21(2)14-25(33)16-28(45(35)5)30(18-44)46(29)31(34)19-50-32(47)12-11-24-9-8-10-26(15-24)40(41,42)43;1-7-8-36-28-17(4)29-30(38-14-37-29)25-19(28)11-21-26-24-16(3)27(35-6)15(2)9-18(24)10-20(32(26)5)22(12-31)33(21)23(25)13-34/h7-12,14-15,28-31,35H,1,13,16-17,19-20H2,2-6H3;7,9,20-23,26,34H,1,8,10-11,13-14H2,2-6H3/b12-11+;/t28-,29?,30-,31-,35-;20-,21?,22-,23-,26-/m00/s1. The number of fused-ring (bicyclic) bond motifs is 18. The zero-order valence-corrected chi connectivity index (χ0v) is 52.4. The lowest BCUT2D eigenvalue weighted by Gasteiger charge is -2.60. The molecule has 0 amide bonds. The Morgan fingerprint density at radius 2 is 1.12 bits per heavy atom. The molecule has 4 bridgehead atoms. The lowest BCUT2D eigenvalue weighted by atomic mass is 9.71. The Morgan fingerprint density at radius 1 is 0.656 bits per heavy atom. The SMILES string of the molecule is C=CCOc1c(C)c2c(c3c1CC1[C@H]4c5c(cc(C)c(OC)c5C)C[C@@H]([C@H](C#N)N1[C@H]3CO)N4C)OCO2.C=CCOc1c(C)c2c(c3c1CC1[C@H]4c5c(cc(C)c(OC)c5C)C[C@@H]([C@H](C#N)N1[C@H]3COC(=O)/C=C/c1cccc(C(F)(F)F)c1)N4C)OCO2. The van der Waals surface area contributed by atoms with Gasteiger partial charge in [0.25, 0.3) is 0 Å². The van der Waals surface area contributed by atoms with E-state index < -0.39 is 41.9 Å². The Kier molecular flexibility index (Phi) is 16.7. The molecule has 5 aromatic carbocycles. The molecule has 2 unspecified atom stereocenters. The number of alkyl halides is 3. The number of nitrogens with zero attached hydrogens (tertiary/aromatic N) is 6. The number of ether oxygens (including phenoxy) is 9. The Morgan fingerprint density at radius 3 is 1.57 bits per heavy atom. The van der Waals surface area contributed by atoms with Crippen molar-refractivity contribution in [2.24, 2.45) is 0 Å². The molecule has 8 heterocycles. The normalized spacial score (nSPS) is 24.9. The summed E-state index contributed by atoms with van der Waals surface area (Å²) in [4.78, 5) is 22.4. The summed E-state index contributed by atoms with van der Waals surface area (Å²) in [6, 6.07) is 11.6. The minimum atomic E-state index is -4.52. The van der Waals surface area contributed by atoms with Crippen LogP contribution in [0.4, 0.5) is 13.2 Å². The van der Waals surface area contributed by atoms with Gasteiger partial charge in [-0.25, -0.2) is 4.79 Å². The maximum Gasteiger partial charge on any atom is 0.416 e. The maximum atomic E-state index is 13.3. The molecule has 2 fully saturated rings. The van der Waals surface area contributed by atoms with Gasteiger partial charge in [0.1, 0.15) is 54.9 Å². The summed E-state index contributed by atoms with van der Waals surface area (Å²) >= 11 is 0. The number of hydrogen-bond acceptors (Lipinski definition) is 17. The molecule has 1 N–H and O–H groups in total. The van der Waals surface area contributed by atoms with Crippen molar-refractivity contribution in [3.63, 3.8) is 0 Å². The van der Waals surface area contributed by atoms with Crippen LogP contribution in [-0.2, 0) is 41.4 Å². The Bertz CT molecular complexity index is 3870. The zero-order chi connectivity index (χ0) is 63.9. The number of aliphatic hydroxyl groups is 1. The number of rotatable bonds is 13. The zero-order valence-electron chi connectivity index (χ0n) is 52.4. The number of methoxy groups -OCH3 is 2. The molecule has 0 aliphatic carbocycles. The van der Waals surface area contributed by atoms with Crippen molar-refractivity contribution in [2.75, 3.05) is 68.3 Å². The molecule has 0 spiro atoms. The highest BCUT2D eigenvalue weighted by Gasteiger charge is 2.59. The van der Waals surface area contributed by atoms with Crippen LogP contribution in [0.3, 0.4) is 0 Å². The number of benzene rings is 5. The molecule has 8 aliphatic rings. The van der Waals surface area contributed by atoms with Gasteiger partial charge in [0.15, 0.2) is 23.0 Å². The van der Waals surface area contributed by atoms with Crippen LogP contribution in [0.5, 0.6) is 46.0 Å². The average molecular weight is 1230 g/mol. The van der Waals surface area contributed by atoms with Crippen LogP contribution in [0.2, 0.25) is 0 Å². The van der Waals surface area contributed by atoms with Gasteiger partial charge in [0.2, 0.25) is 13.6 Å². The molecule has 90 heavy (non-hydrogen) atoms. The molecule has 5 aromatic rings. The summed E-state index contributed by atoms with van der Waals surface area (Å²) in [6.07, 6.45) is 3.82. The number of carbonyl (C=O) groups is 1. The van der Waals surface area contributed by atoms with Gasteiger partial charge < -0.3 is 47.7 Å². The highest BCUT2D eigenvalue weighted by Crippen LogP contribution is 2.60. The Hall–Kier alpha value is -8.24. The fraction of sp³-hybridized carbons (Fsp3) is 0.443. The molecule has 20 heteroatoms. The van der Waals surface area contributed by atoms with Crippen molar-refractivity contribution in [1.82, 2.24) is 19.6 Å². The monoisotopic (exact) mass is 1230 g/mol. The lowest BCUT2D eigenvalue weighted by molar-refractivity contribution is -0.143. The molecular weight excluding hydrogens is 1160 g/mol. The van der Waals surface area contributed by atoms with E-state index in [9.17, 15) is 33.6 Å². The Labute approximate surface area is 522 Å². The summed E-state index contributed by atoms with van der Waals surface area (Å²) in [6.45, 7) is 20.3. The number of piperazine rings is 2. The van der Waals surface area contributed by atoms with Crippen LogP contribution in [0.25, 0.3) is 6.08 Å². The quantitative estimate of drug-likeness (QED) is 0.0667. The highest BCUT2D eigenvalue weighted by atomic mass is 19.4. The Balaban J connectivity index is 0.000000183. The molecule has 13 rings (SSSR count). The van der Waals surface area contributed by atoms with Crippen molar-refractivity contribution in [3.8, 4) is 58.1 Å². The van der Waals surface area contributed by atoms with Crippen molar-refractivity contribution in [3.05, 3.63) is 157 Å². The first kappa shape index (κ1) is 62.0. The molecule has 0 aromatic heterocycles. The van der Waals surface area contributed by atoms with Crippen LogP contribution < -0.4 is 37.9 Å². The summed E-state index contributed by atoms with van der Waals surface area (Å²) < 4.78 is 94.1. The number of aliphatic hydroxyl groups excluding tert-OH is 1. The van der Waals surface area contributed by atoms with Crippen LogP contribution in [0, 0.1) is 64.2 Å². The van der Waals surface area contributed by atoms with Crippen molar-refractivity contribution in [1.29, 1.82) is 10.5 Å². The second kappa shape index (κ2) is 24.2. The fourth-order valence-corrected chi connectivity index (χ4v) is 16.5. The smallest absolute Gasteiger partial charge is 0.416 e. The molecular formula is C70H75F3N6O11. The molecule has 8 aliphatic heterocycles. The van der Waals surface area contributed by atoms with Crippen LogP contribution in [-0.4, -0.2) is 135 Å². The van der Waals surface area contributed by atoms with Crippen molar-refractivity contribution < 1.29 is 65.7 Å². The number of aryl methyl sites for hydroxylation is 2. The number of esters is 1. The predicted octanol–water partition coefficient (Wildman–Crippen LogP) is 10.6. The number of carbonyl (C=O) groups excluding carboxylic acids is 1. The van der Waals surface area contributed by atoms with E-state index in [-0.39, 0.29) is 75.2 Å². The van der Waals surface area contributed by atoms with Gasteiger partial charge in [-0.2, -0.15) is 23.7 Å². The van der Waals surface area contributed by atoms with Gasteiger partial charge in [0.05, 0.1) is 62.7 Å². The first-order valence-electron chi connectivity index (χ1n) is 30.4. The molecule has 10 atom stereocenters. The van der Waals surface area contributed by atoms with Gasteiger partial charge in [0, 0.05) is 63.6 Å². The first-order chi connectivity index (χ1) is 43.3.